The molecule has 0 radical (unpaired) electrons. The molecule has 15 heteroatoms. The van der Waals surface area contributed by atoms with Gasteiger partial charge >= 0.3 is 12.1 Å². The van der Waals surface area contributed by atoms with Gasteiger partial charge in [-0.3, -0.25) is 28.9 Å². The first-order valence-electron chi connectivity index (χ1n) is 12.0. The Morgan fingerprint density at radius 1 is 1.12 bits per heavy atom. The van der Waals surface area contributed by atoms with E-state index in [0.29, 0.717) is 28.3 Å². The fraction of sp³-hybridized carbons (Fsp3) is 0.346. The van der Waals surface area contributed by atoms with Gasteiger partial charge in [-0.05, 0) is 73.3 Å². The zero-order valence-electron chi connectivity index (χ0n) is 22.0. The highest BCUT2D eigenvalue weighted by Crippen LogP contribution is 2.37. The Kier molecular flexibility index (Phi) is 9.64. The van der Waals surface area contributed by atoms with Crippen molar-refractivity contribution in [2.75, 3.05) is 6.54 Å². The first-order valence-corrected chi connectivity index (χ1v) is 13.7. The lowest BCUT2D eigenvalue weighted by Crippen LogP contribution is -2.47. The van der Waals surface area contributed by atoms with Crippen LogP contribution in [0.15, 0.2) is 34.6 Å². The van der Waals surface area contributed by atoms with Crippen molar-refractivity contribution >= 4 is 58.1 Å². The van der Waals surface area contributed by atoms with Crippen LogP contribution in [0.25, 0.3) is 17.2 Å². The van der Waals surface area contributed by atoms with E-state index in [4.69, 9.17) is 10.5 Å². The minimum atomic E-state index is -4.87. The van der Waals surface area contributed by atoms with Crippen molar-refractivity contribution in [1.29, 1.82) is 0 Å². The summed E-state index contributed by atoms with van der Waals surface area (Å²) in [7, 11) is 0. The number of primary amides is 1. The molecule has 3 rings (SSSR count). The second-order valence-electron chi connectivity index (χ2n) is 9.83. The van der Waals surface area contributed by atoms with Crippen LogP contribution in [0.4, 0.5) is 22.4 Å². The molecule has 1 aromatic carbocycles. The van der Waals surface area contributed by atoms with Crippen LogP contribution in [0.5, 0.6) is 0 Å². The van der Waals surface area contributed by atoms with E-state index in [9.17, 15) is 41.5 Å². The van der Waals surface area contributed by atoms with Crippen LogP contribution < -0.4 is 11.1 Å². The summed E-state index contributed by atoms with van der Waals surface area (Å²) in [5, 5.41) is 3.17. The number of alkyl halides is 3. The van der Waals surface area contributed by atoms with E-state index in [1.807, 2.05) is 0 Å². The summed E-state index contributed by atoms with van der Waals surface area (Å²) in [4.78, 5) is 62.6. The number of imide groups is 1. The maximum atomic E-state index is 13.6. The standard InChI is InChI=1S/C26H25F4N3O6S2/c1-25(2,3)39-21(35)11-18(22(31)36)32-20(34)6-7-33-23(37)19(41-24(33)38)10-15-8-14(12-40-15)13-4-5-17(27)16(9-13)26(28,29)30/h4-5,8-10,12,18H,6-7,11H2,1-3H3,(H2,31,36)(H,32,34)/b19-10-/t18-/m0/s1. The molecule has 2 aromatic rings. The highest BCUT2D eigenvalue weighted by atomic mass is 32.2. The molecule has 0 saturated carbocycles. The van der Waals surface area contributed by atoms with Gasteiger partial charge in [0.25, 0.3) is 11.1 Å². The third kappa shape index (κ3) is 8.63. The van der Waals surface area contributed by atoms with E-state index in [1.54, 1.807) is 20.8 Å². The van der Waals surface area contributed by atoms with Crippen LogP contribution in [0.1, 0.15) is 44.1 Å². The Labute approximate surface area is 240 Å². The summed E-state index contributed by atoms with van der Waals surface area (Å²) >= 11 is 1.71. The normalized spacial score (nSPS) is 15.8. The van der Waals surface area contributed by atoms with Gasteiger partial charge in [0.2, 0.25) is 11.8 Å². The molecule has 1 atom stereocenters. The van der Waals surface area contributed by atoms with E-state index in [1.165, 1.54) is 23.6 Å². The Balaban J connectivity index is 1.63. The van der Waals surface area contributed by atoms with Crippen LogP contribution in [0.2, 0.25) is 0 Å². The zero-order valence-corrected chi connectivity index (χ0v) is 23.6. The Hall–Kier alpha value is -3.72. The molecule has 1 aliphatic rings. The quantitative estimate of drug-likeness (QED) is 0.237. The smallest absolute Gasteiger partial charge is 0.419 e. The van der Waals surface area contributed by atoms with Crippen molar-refractivity contribution < 1.29 is 46.3 Å². The molecule has 1 fully saturated rings. The average Bonchev–Trinajstić information content (AvgIpc) is 3.40. The molecule has 1 saturated heterocycles. The molecule has 2 heterocycles. The highest BCUT2D eigenvalue weighted by Gasteiger charge is 2.36. The lowest BCUT2D eigenvalue weighted by molar-refractivity contribution is -0.156. The predicted molar refractivity (Wildman–Crippen MR) is 144 cm³/mol. The lowest BCUT2D eigenvalue weighted by atomic mass is 10.0. The minimum Gasteiger partial charge on any atom is -0.460 e. The van der Waals surface area contributed by atoms with Crippen LogP contribution in [-0.4, -0.2) is 52.0 Å². The van der Waals surface area contributed by atoms with Crippen molar-refractivity contribution in [3.8, 4) is 11.1 Å². The number of amides is 4. The number of nitrogens with zero attached hydrogens (tertiary/aromatic N) is 1. The Morgan fingerprint density at radius 3 is 2.41 bits per heavy atom. The number of carbonyl (C=O) groups is 5. The number of nitrogens with two attached hydrogens (primary N) is 1. The fourth-order valence-electron chi connectivity index (χ4n) is 3.58. The maximum absolute atomic E-state index is 13.6. The number of esters is 1. The van der Waals surface area contributed by atoms with Gasteiger partial charge in [-0.2, -0.15) is 13.2 Å². The molecule has 9 nitrogen and oxygen atoms in total. The van der Waals surface area contributed by atoms with E-state index < -0.39 is 64.6 Å². The summed E-state index contributed by atoms with van der Waals surface area (Å²) in [6, 6.07) is 2.75. The predicted octanol–water partition coefficient (Wildman–Crippen LogP) is 4.70. The number of nitrogens with one attached hydrogen (secondary N) is 1. The topological polar surface area (TPSA) is 136 Å². The van der Waals surface area contributed by atoms with Crippen LogP contribution >= 0.6 is 23.1 Å². The number of ether oxygens (including phenoxy) is 1. The Bertz CT molecular complexity index is 1410. The van der Waals surface area contributed by atoms with Crippen molar-refractivity contribution in [3.05, 3.63) is 50.8 Å². The van der Waals surface area contributed by atoms with Gasteiger partial charge in [0.15, 0.2) is 0 Å². The van der Waals surface area contributed by atoms with E-state index in [0.717, 1.165) is 22.3 Å². The number of thioether (sulfide) groups is 1. The van der Waals surface area contributed by atoms with Crippen LogP contribution in [-0.2, 0) is 30.1 Å². The summed E-state index contributed by atoms with van der Waals surface area (Å²) in [5.74, 6) is -4.55. The lowest BCUT2D eigenvalue weighted by Gasteiger charge is -2.22. The third-order valence-electron chi connectivity index (χ3n) is 5.40. The van der Waals surface area contributed by atoms with Gasteiger partial charge in [0, 0.05) is 17.8 Å². The molecule has 0 aliphatic carbocycles. The second kappa shape index (κ2) is 12.4. The van der Waals surface area contributed by atoms with E-state index >= 15 is 0 Å². The van der Waals surface area contributed by atoms with Crippen molar-refractivity contribution in [3.63, 3.8) is 0 Å². The average molecular weight is 616 g/mol. The molecular weight excluding hydrogens is 590 g/mol. The summed E-state index contributed by atoms with van der Waals surface area (Å²) in [6.45, 7) is 4.56. The maximum Gasteiger partial charge on any atom is 0.419 e. The molecule has 3 N–H and O–H groups in total. The number of carbonyl (C=O) groups excluding carboxylic acids is 5. The van der Waals surface area contributed by atoms with Crippen molar-refractivity contribution in [1.82, 2.24) is 10.2 Å². The molecular formula is C26H25F4N3O6S2. The van der Waals surface area contributed by atoms with Crippen molar-refractivity contribution in [2.24, 2.45) is 5.73 Å². The van der Waals surface area contributed by atoms with Gasteiger partial charge in [-0.15, -0.1) is 11.3 Å². The number of benzene rings is 1. The Morgan fingerprint density at radius 2 is 1.80 bits per heavy atom. The van der Waals surface area contributed by atoms with Crippen molar-refractivity contribution in [2.45, 2.75) is 51.4 Å². The van der Waals surface area contributed by atoms with Gasteiger partial charge in [-0.1, -0.05) is 6.07 Å². The SMILES string of the molecule is CC(C)(C)OC(=O)C[C@H](NC(=O)CCN1C(=O)S/C(=C\c2cc(-c3ccc(F)c(C(F)(F)F)c3)cs2)C1=O)C(N)=O. The van der Waals surface area contributed by atoms with Gasteiger partial charge in [0.1, 0.15) is 17.5 Å². The number of halogens is 4. The van der Waals surface area contributed by atoms with Gasteiger partial charge in [-0.25, -0.2) is 4.39 Å². The third-order valence-corrected chi connectivity index (χ3v) is 7.19. The molecule has 41 heavy (non-hydrogen) atoms. The first kappa shape index (κ1) is 31.8. The number of rotatable bonds is 9. The van der Waals surface area contributed by atoms with E-state index in [2.05, 4.69) is 5.32 Å². The fourth-order valence-corrected chi connectivity index (χ4v) is 5.35. The molecule has 0 unspecified atom stereocenters. The molecule has 0 bridgehead atoms. The van der Waals surface area contributed by atoms with Crippen LogP contribution in [0.3, 0.4) is 0 Å². The minimum absolute atomic E-state index is 0.0267. The first-order chi connectivity index (χ1) is 18.9. The molecule has 0 spiro atoms. The summed E-state index contributed by atoms with van der Waals surface area (Å²) in [6.07, 6.45) is -4.36. The number of thiophene rings is 1. The summed E-state index contributed by atoms with van der Waals surface area (Å²) in [5.41, 5.74) is 3.53. The van der Waals surface area contributed by atoms with Gasteiger partial charge < -0.3 is 15.8 Å². The number of hydrogen-bond acceptors (Lipinski definition) is 8. The molecule has 220 valence electrons. The second-order valence-corrected chi connectivity index (χ2v) is 11.8. The zero-order chi connectivity index (χ0) is 30.7. The van der Waals surface area contributed by atoms with Crippen LogP contribution in [0, 0.1) is 5.82 Å². The largest absolute Gasteiger partial charge is 0.460 e. The molecule has 1 aromatic heterocycles. The molecule has 1 aliphatic heterocycles. The monoisotopic (exact) mass is 615 g/mol. The number of hydrogen-bond donors (Lipinski definition) is 2. The summed E-state index contributed by atoms with van der Waals surface area (Å²) < 4.78 is 57.9. The van der Waals surface area contributed by atoms with E-state index in [-0.39, 0.29) is 23.4 Å². The molecule has 4 amide bonds. The highest BCUT2D eigenvalue weighted by molar-refractivity contribution is 8.18. The van der Waals surface area contributed by atoms with Gasteiger partial charge in [0.05, 0.1) is 16.9 Å².